The van der Waals surface area contributed by atoms with Gasteiger partial charge >= 0.3 is 0 Å². The first-order valence-corrected chi connectivity index (χ1v) is 6.91. The van der Waals surface area contributed by atoms with Crippen molar-refractivity contribution < 1.29 is 4.74 Å². The molecule has 0 saturated heterocycles. The minimum atomic E-state index is 0.408. The molecule has 0 bridgehead atoms. The average Bonchev–Trinajstić information content (AvgIpc) is 2.94. The van der Waals surface area contributed by atoms with Gasteiger partial charge < -0.3 is 10.5 Å². The highest BCUT2D eigenvalue weighted by Crippen LogP contribution is 2.23. The first kappa shape index (κ1) is 13.1. The van der Waals surface area contributed by atoms with Crippen molar-refractivity contribution in [3.8, 4) is 0 Å². The predicted octanol–water partition coefficient (Wildman–Crippen LogP) is 2.30. The number of nitrogens with two attached hydrogens (primary N) is 1. The molecule has 0 amide bonds. The number of rotatable bonds is 4. The van der Waals surface area contributed by atoms with Crippen LogP contribution in [0, 0.1) is 0 Å². The topological polar surface area (TPSA) is 81.8 Å². The standard InChI is InChI=1S/C13H14BrN5O/c1-20-7-10-11-12(15)16-17-13(11)19(18-10)6-8-3-2-4-9(14)5-8/h2-5H,6-7H2,1H3,(H3,15,16,17). The van der Waals surface area contributed by atoms with E-state index in [0.717, 1.165) is 26.8 Å². The van der Waals surface area contributed by atoms with Crippen molar-refractivity contribution in [2.24, 2.45) is 0 Å². The zero-order valence-corrected chi connectivity index (χ0v) is 12.5. The van der Waals surface area contributed by atoms with Gasteiger partial charge in [0.2, 0.25) is 0 Å². The summed E-state index contributed by atoms with van der Waals surface area (Å²) < 4.78 is 8.03. The number of halogens is 1. The van der Waals surface area contributed by atoms with Gasteiger partial charge in [-0.1, -0.05) is 28.1 Å². The lowest BCUT2D eigenvalue weighted by Crippen LogP contribution is -2.03. The van der Waals surface area contributed by atoms with E-state index in [1.54, 1.807) is 7.11 Å². The van der Waals surface area contributed by atoms with E-state index in [4.69, 9.17) is 10.5 Å². The van der Waals surface area contributed by atoms with Crippen molar-refractivity contribution in [3.05, 3.63) is 40.0 Å². The van der Waals surface area contributed by atoms with Crippen LogP contribution in [0.1, 0.15) is 11.3 Å². The second kappa shape index (κ2) is 5.26. The number of nitrogen functional groups attached to an aromatic ring is 1. The fourth-order valence-electron chi connectivity index (χ4n) is 2.22. The van der Waals surface area contributed by atoms with Gasteiger partial charge in [-0.2, -0.15) is 10.2 Å². The molecule has 7 heteroatoms. The van der Waals surface area contributed by atoms with E-state index in [9.17, 15) is 0 Å². The third-order valence-electron chi connectivity index (χ3n) is 3.05. The fourth-order valence-corrected chi connectivity index (χ4v) is 2.66. The maximum absolute atomic E-state index is 5.90. The molecular weight excluding hydrogens is 322 g/mol. The van der Waals surface area contributed by atoms with Gasteiger partial charge in [-0.05, 0) is 17.7 Å². The Morgan fingerprint density at radius 2 is 2.30 bits per heavy atom. The Kier molecular flexibility index (Phi) is 3.45. The quantitative estimate of drug-likeness (QED) is 0.766. The smallest absolute Gasteiger partial charge is 0.182 e. The van der Waals surface area contributed by atoms with Crippen LogP contribution in [0.4, 0.5) is 5.82 Å². The van der Waals surface area contributed by atoms with Crippen LogP contribution in [0.3, 0.4) is 0 Å². The van der Waals surface area contributed by atoms with Gasteiger partial charge in [0.15, 0.2) is 5.65 Å². The van der Waals surface area contributed by atoms with E-state index in [1.807, 2.05) is 22.9 Å². The maximum Gasteiger partial charge on any atom is 0.182 e. The van der Waals surface area contributed by atoms with E-state index < -0.39 is 0 Å². The number of nitrogens with zero attached hydrogens (tertiary/aromatic N) is 3. The van der Waals surface area contributed by atoms with Gasteiger partial charge in [0.1, 0.15) is 11.5 Å². The summed E-state index contributed by atoms with van der Waals surface area (Å²) in [5, 5.41) is 12.4. The summed E-state index contributed by atoms with van der Waals surface area (Å²) in [5.74, 6) is 0.521. The van der Waals surface area contributed by atoms with E-state index in [-0.39, 0.29) is 0 Å². The first-order chi connectivity index (χ1) is 9.69. The number of hydrogen-bond acceptors (Lipinski definition) is 4. The molecule has 2 aromatic heterocycles. The van der Waals surface area contributed by atoms with E-state index in [0.29, 0.717) is 19.0 Å². The van der Waals surface area contributed by atoms with Crippen LogP contribution in [0.15, 0.2) is 28.7 Å². The molecule has 3 N–H and O–H groups in total. The van der Waals surface area contributed by atoms with Crippen molar-refractivity contribution in [2.45, 2.75) is 13.2 Å². The summed E-state index contributed by atoms with van der Waals surface area (Å²) in [6.45, 7) is 1.04. The molecule has 0 aliphatic carbocycles. The molecule has 20 heavy (non-hydrogen) atoms. The third-order valence-corrected chi connectivity index (χ3v) is 3.55. The highest BCUT2D eigenvalue weighted by molar-refractivity contribution is 9.10. The summed E-state index contributed by atoms with van der Waals surface area (Å²) in [6, 6.07) is 8.09. The molecule has 6 nitrogen and oxygen atoms in total. The molecule has 2 heterocycles. The Hall–Kier alpha value is -1.86. The van der Waals surface area contributed by atoms with E-state index >= 15 is 0 Å². The SMILES string of the molecule is COCc1nn(Cc2cccc(Br)c2)c2n[nH]c(N)c12. The number of H-pyrrole nitrogens is 1. The Bertz CT molecular complexity index is 748. The van der Waals surface area contributed by atoms with Crippen molar-refractivity contribution in [1.29, 1.82) is 0 Å². The number of methoxy groups -OCH3 is 1. The molecule has 0 fully saturated rings. The Balaban J connectivity index is 2.03. The monoisotopic (exact) mass is 335 g/mol. The highest BCUT2D eigenvalue weighted by Gasteiger charge is 2.16. The molecule has 0 atom stereocenters. The molecule has 0 radical (unpaired) electrons. The Labute approximate surface area is 124 Å². The number of nitrogens with one attached hydrogen (secondary N) is 1. The van der Waals surface area contributed by atoms with Crippen molar-refractivity contribution >= 4 is 32.8 Å². The van der Waals surface area contributed by atoms with Crippen LogP contribution in [-0.2, 0) is 17.9 Å². The van der Waals surface area contributed by atoms with Gasteiger partial charge in [0, 0.05) is 11.6 Å². The number of fused-ring (bicyclic) bond motifs is 1. The lowest BCUT2D eigenvalue weighted by atomic mass is 10.2. The van der Waals surface area contributed by atoms with Crippen molar-refractivity contribution in [2.75, 3.05) is 12.8 Å². The summed E-state index contributed by atoms with van der Waals surface area (Å²) in [6.07, 6.45) is 0. The zero-order valence-electron chi connectivity index (χ0n) is 10.9. The average molecular weight is 336 g/mol. The normalized spacial score (nSPS) is 11.3. The molecule has 0 saturated carbocycles. The number of anilines is 1. The molecule has 104 valence electrons. The molecule has 1 aromatic carbocycles. The highest BCUT2D eigenvalue weighted by atomic mass is 79.9. The molecule has 3 rings (SSSR count). The first-order valence-electron chi connectivity index (χ1n) is 6.11. The van der Waals surface area contributed by atoms with Crippen molar-refractivity contribution in [3.63, 3.8) is 0 Å². The summed E-state index contributed by atoms with van der Waals surface area (Å²) >= 11 is 3.47. The van der Waals surface area contributed by atoms with E-state index in [1.165, 1.54) is 0 Å². The van der Waals surface area contributed by atoms with Gasteiger partial charge in [-0.25, -0.2) is 4.68 Å². The van der Waals surface area contributed by atoms with E-state index in [2.05, 4.69) is 37.3 Å². The number of aromatic amines is 1. The Morgan fingerprint density at radius 1 is 1.45 bits per heavy atom. The molecule has 0 unspecified atom stereocenters. The van der Waals surface area contributed by atoms with Crippen LogP contribution >= 0.6 is 15.9 Å². The van der Waals surface area contributed by atoms with Crippen LogP contribution in [0.2, 0.25) is 0 Å². The largest absolute Gasteiger partial charge is 0.383 e. The number of hydrogen-bond donors (Lipinski definition) is 2. The van der Waals surface area contributed by atoms with Gasteiger partial charge in [-0.3, -0.25) is 5.10 Å². The molecule has 0 aliphatic rings. The second-order valence-corrected chi connectivity index (χ2v) is 5.42. The Morgan fingerprint density at radius 3 is 3.05 bits per heavy atom. The maximum atomic E-state index is 5.90. The number of aromatic nitrogens is 4. The number of benzene rings is 1. The summed E-state index contributed by atoms with van der Waals surface area (Å²) in [5.41, 5.74) is 8.58. The van der Waals surface area contributed by atoms with Gasteiger partial charge in [-0.15, -0.1) is 0 Å². The zero-order chi connectivity index (χ0) is 14.1. The van der Waals surface area contributed by atoms with Crippen LogP contribution in [0.5, 0.6) is 0 Å². The van der Waals surface area contributed by atoms with Gasteiger partial charge in [0.05, 0.1) is 18.5 Å². The summed E-state index contributed by atoms with van der Waals surface area (Å²) in [4.78, 5) is 0. The predicted molar refractivity (Wildman–Crippen MR) is 80.2 cm³/mol. The lowest BCUT2D eigenvalue weighted by molar-refractivity contribution is 0.182. The van der Waals surface area contributed by atoms with Crippen LogP contribution < -0.4 is 5.73 Å². The second-order valence-electron chi connectivity index (χ2n) is 4.50. The fraction of sp³-hybridized carbons (Fsp3) is 0.231. The van der Waals surface area contributed by atoms with Crippen LogP contribution in [0.25, 0.3) is 11.0 Å². The lowest BCUT2D eigenvalue weighted by Gasteiger charge is -2.03. The van der Waals surface area contributed by atoms with Gasteiger partial charge in [0.25, 0.3) is 0 Å². The molecule has 0 aliphatic heterocycles. The van der Waals surface area contributed by atoms with Crippen molar-refractivity contribution in [1.82, 2.24) is 20.0 Å². The molecule has 3 aromatic rings. The summed E-state index contributed by atoms with van der Waals surface area (Å²) in [7, 11) is 1.63. The number of ether oxygens (including phenoxy) is 1. The third kappa shape index (κ3) is 2.30. The minimum absolute atomic E-state index is 0.408. The minimum Gasteiger partial charge on any atom is -0.383 e. The molecular formula is C13H14BrN5O. The van der Waals surface area contributed by atoms with Crippen LogP contribution in [-0.4, -0.2) is 27.1 Å². The molecule has 0 spiro atoms.